The normalized spacial score (nSPS) is 15.8. The molecule has 4 amide bonds. The van der Waals surface area contributed by atoms with Crippen LogP contribution in [0.5, 0.6) is 0 Å². The molecule has 1 heterocycles. The van der Waals surface area contributed by atoms with Crippen LogP contribution in [0.25, 0.3) is 0 Å². The molecule has 0 spiro atoms. The van der Waals surface area contributed by atoms with Gasteiger partial charge >= 0.3 is 5.97 Å². The quantitative estimate of drug-likeness (QED) is 0.0997. The van der Waals surface area contributed by atoms with Gasteiger partial charge in [0.2, 0.25) is 23.6 Å². The van der Waals surface area contributed by atoms with E-state index in [0.29, 0.717) is 25.8 Å². The molecule has 0 radical (unpaired) electrons. The number of likely N-dealkylation sites (tertiary alicyclic amines) is 1. The van der Waals surface area contributed by atoms with Gasteiger partial charge in [0, 0.05) is 26.4 Å². The molecule has 15 heteroatoms. The summed E-state index contributed by atoms with van der Waals surface area (Å²) < 4.78 is 0. The number of carboxylic acid groups (broad SMARTS) is 2. The van der Waals surface area contributed by atoms with Crippen LogP contribution in [0.3, 0.4) is 0 Å². The van der Waals surface area contributed by atoms with Crippen LogP contribution in [0.4, 0.5) is 0 Å². The summed E-state index contributed by atoms with van der Waals surface area (Å²) in [5.74, 6) is -3.87. The van der Waals surface area contributed by atoms with Crippen LogP contribution in [-0.4, -0.2) is 100 Å². The van der Waals surface area contributed by atoms with E-state index in [-0.39, 0.29) is 57.0 Å². The third-order valence-corrected chi connectivity index (χ3v) is 8.85. The van der Waals surface area contributed by atoms with Gasteiger partial charge in [-0.25, -0.2) is 0 Å². The van der Waals surface area contributed by atoms with Crippen molar-refractivity contribution in [1.29, 1.82) is 0 Å². The molecule has 292 valence electrons. The number of nitrogens with two attached hydrogens (primary N) is 3. The highest BCUT2D eigenvalue weighted by Crippen LogP contribution is 2.21. The molecule has 1 saturated heterocycles. The average Bonchev–Trinajstić information content (AvgIpc) is 3.11. The molecule has 1 aliphatic heterocycles. The number of rotatable bonds is 18. The Balaban J connectivity index is 0.00000231. The van der Waals surface area contributed by atoms with Crippen molar-refractivity contribution in [3.63, 3.8) is 0 Å². The standard InChI is InChI=1S/C36H53N7O6.C2H4O2/c1-24(2)21-29(32(45)40-28(15-9-10-18-37)34(47)43-19-16-36(39,17-20-43)35(48)49)42-33(46)30(23-26-13-7-4-8-14-26)41-31(44)27(38)22-25-11-5-3-6-12-25;1-2(3)4/h3-8,11-14,24,27-30H,9-10,15-23,37-39H2,1-2H3,(H,40,45)(H,41,44)(H,42,46)(H,48,49);1H3,(H,3,4)/t27-,28+,29-,30-;/m1./s1. The molecule has 2 aromatic carbocycles. The van der Waals surface area contributed by atoms with Crippen molar-refractivity contribution in [2.45, 2.75) is 102 Å². The van der Waals surface area contributed by atoms with Gasteiger partial charge in [-0.1, -0.05) is 74.5 Å². The van der Waals surface area contributed by atoms with Crippen LogP contribution in [0.1, 0.15) is 70.4 Å². The van der Waals surface area contributed by atoms with E-state index >= 15 is 0 Å². The first-order valence-electron chi connectivity index (χ1n) is 18.0. The molecule has 15 nitrogen and oxygen atoms in total. The molecule has 2 aromatic rings. The van der Waals surface area contributed by atoms with Crippen molar-refractivity contribution in [1.82, 2.24) is 20.9 Å². The second kappa shape index (κ2) is 22.3. The third kappa shape index (κ3) is 15.7. The lowest BCUT2D eigenvalue weighted by Crippen LogP contribution is -2.60. The highest BCUT2D eigenvalue weighted by atomic mass is 16.4. The maximum atomic E-state index is 13.9. The van der Waals surface area contributed by atoms with Crippen LogP contribution in [0, 0.1) is 5.92 Å². The molecule has 0 unspecified atom stereocenters. The van der Waals surface area contributed by atoms with E-state index < -0.39 is 59.4 Å². The maximum Gasteiger partial charge on any atom is 0.323 e. The molecule has 0 aliphatic carbocycles. The molecule has 0 saturated carbocycles. The average molecular weight is 740 g/mol. The van der Waals surface area contributed by atoms with Crippen molar-refractivity contribution in [2.75, 3.05) is 19.6 Å². The fraction of sp³-hybridized carbons (Fsp3) is 0.526. The molecule has 53 heavy (non-hydrogen) atoms. The van der Waals surface area contributed by atoms with Gasteiger partial charge in [0.1, 0.15) is 23.7 Å². The van der Waals surface area contributed by atoms with Crippen molar-refractivity contribution in [2.24, 2.45) is 23.1 Å². The third-order valence-electron chi connectivity index (χ3n) is 8.85. The number of carboxylic acids is 2. The van der Waals surface area contributed by atoms with Crippen LogP contribution >= 0.6 is 0 Å². The molecule has 11 N–H and O–H groups in total. The number of benzene rings is 2. The number of aliphatic carboxylic acids is 2. The summed E-state index contributed by atoms with van der Waals surface area (Å²) in [7, 11) is 0. The van der Waals surface area contributed by atoms with Crippen molar-refractivity contribution in [3.05, 3.63) is 71.8 Å². The molecular weight excluding hydrogens is 682 g/mol. The van der Waals surface area contributed by atoms with Gasteiger partial charge in [0.25, 0.3) is 5.97 Å². The summed E-state index contributed by atoms with van der Waals surface area (Å²) in [6.07, 6.45) is 2.44. The highest BCUT2D eigenvalue weighted by Gasteiger charge is 2.40. The SMILES string of the molecule is CC(=O)O.CC(C)C[C@@H](NC(=O)[C@@H](Cc1ccccc1)NC(=O)[C@H](N)Cc1ccccc1)C(=O)N[C@@H](CCCCN)C(=O)N1CCC(N)(C(=O)O)CC1. The van der Waals surface area contributed by atoms with E-state index in [2.05, 4.69) is 16.0 Å². The fourth-order valence-electron chi connectivity index (χ4n) is 5.86. The Morgan fingerprint density at radius 2 is 1.23 bits per heavy atom. The van der Waals surface area contributed by atoms with Gasteiger partial charge in [-0.3, -0.25) is 28.8 Å². The van der Waals surface area contributed by atoms with E-state index in [0.717, 1.165) is 18.1 Å². The molecule has 0 bridgehead atoms. The molecule has 4 atom stereocenters. The Bertz CT molecular complexity index is 1480. The number of carbonyl (C=O) groups is 6. The summed E-state index contributed by atoms with van der Waals surface area (Å²) in [6.45, 7) is 5.62. The van der Waals surface area contributed by atoms with Gasteiger partial charge < -0.3 is 48.3 Å². The first kappa shape index (κ1) is 44.3. The van der Waals surface area contributed by atoms with Crippen LogP contribution in [0.2, 0.25) is 0 Å². The van der Waals surface area contributed by atoms with Gasteiger partial charge in [-0.2, -0.15) is 0 Å². The van der Waals surface area contributed by atoms with E-state index in [1.165, 1.54) is 4.90 Å². The number of carbonyl (C=O) groups excluding carboxylic acids is 4. The second-order valence-electron chi connectivity index (χ2n) is 13.9. The van der Waals surface area contributed by atoms with Gasteiger partial charge in [0.15, 0.2) is 0 Å². The lowest BCUT2D eigenvalue weighted by Gasteiger charge is -2.38. The molecule has 0 aromatic heterocycles. The first-order chi connectivity index (χ1) is 25.1. The van der Waals surface area contributed by atoms with Crippen molar-refractivity contribution < 1.29 is 39.0 Å². The smallest absolute Gasteiger partial charge is 0.323 e. The van der Waals surface area contributed by atoms with E-state index in [1.807, 2.05) is 74.5 Å². The van der Waals surface area contributed by atoms with Crippen molar-refractivity contribution >= 4 is 35.6 Å². The number of nitrogens with one attached hydrogen (secondary N) is 3. The topological polar surface area (TPSA) is 260 Å². The number of hydrogen-bond acceptors (Lipinski definition) is 9. The summed E-state index contributed by atoms with van der Waals surface area (Å²) >= 11 is 0. The molecule has 3 rings (SSSR count). The summed E-state index contributed by atoms with van der Waals surface area (Å²) in [5.41, 5.74) is 18.2. The Morgan fingerprint density at radius 3 is 1.72 bits per heavy atom. The first-order valence-corrected chi connectivity index (χ1v) is 18.0. The van der Waals surface area contributed by atoms with Crippen LogP contribution < -0.4 is 33.2 Å². The summed E-state index contributed by atoms with van der Waals surface area (Å²) in [5, 5.41) is 25.4. The highest BCUT2D eigenvalue weighted by molar-refractivity contribution is 5.95. The lowest BCUT2D eigenvalue weighted by molar-refractivity contribution is -0.148. The zero-order valence-electron chi connectivity index (χ0n) is 31.0. The van der Waals surface area contributed by atoms with Crippen LogP contribution in [-0.2, 0) is 41.6 Å². The Labute approximate surface area is 311 Å². The Hall–Kier alpha value is -4.86. The molecule has 1 aliphatic rings. The van der Waals surface area contributed by atoms with Gasteiger partial charge in [0.05, 0.1) is 6.04 Å². The molecular formula is C38H57N7O8. The fourth-order valence-corrected chi connectivity index (χ4v) is 5.86. The Morgan fingerprint density at radius 1 is 0.755 bits per heavy atom. The van der Waals surface area contributed by atoms with Gasteiger partial charge in [-0.05, 0) is 68.5 Å². The van der Waals surface area contributed by atoms with E-state index in [4.69, 9.17) is 27.1 Å². The van der Waals surface area contributed by atoms with E-state index in [9.17, 15) is 29.1 Å². The maximum absolute atomic E-state index is 13.9. The Kier molecular flexibility index (Phi) is 18.6. The minimum absolute atomic E-state index is 0.000286. The number of nitrogens with zero attached hydrogens (tertiary/aromatic N) is 1. The zero-order chi connectivity index (χ0) is 39.6. The van der Waals surface area contributed by atoms with E-state index in [1.54, 1.807) is 0 Å². The minimum atomic E-state index is -1.40. The largest absolute Gasteiger partial charge is 0.481 e. The minimum Gasteiger partial charge on any atom is -0.481 e. The predicted octanol–water partition coefficient (Wildman–Crippen LogP) is 0.924. The predicted molar refractivity (Wildman–Crippen MR) is 200 cm³/mol. The zero-order valence-corrected chi connectivity index (χ0v) is 31.0. The number of unbranched alkanes of at least 4 members (excludes halogenated alkanes) is 1. The lowest BCUT2D eigenvalue weighted by atomic mass is 9.88. The van der Waals surface area contributed by atoms with Crippen molar-refractivity contribution in [3.8, 4) is 0 Å². The number of piperidine rings is 1. The number of hydrogen-bond donors (Lipinski definition) is 8. The van der Waals surface area contributed by atoms with Gasteiger partial charge in [-0.15, -0.1) is 0 Å². The molecule has 1 fully saturated rings. The second-order valence-corrected chi connectivity index (χ2v) is 13.9. The summed E-state index contributed by atoms with van der Waals surface area (Å²) in [4.78, 5) is 76.7. The number of amides is 4. The monoisotopic (exact) mass is 739 g/mol. The van der Waals surface area contributed by atoms with Crippen LogP contribution in [0.15, 0.2) is 60.7 Å². The summed E-state index contributed by atoms with van der Waals surface area (Å²) in [6, 6.07) is 14.7.